The van der Waals surface area contributed by atoms with Gasteiger partial charge in [0.25, 0.3) is 0 Å². The molecule has 4 nitrogen and oxygen atoms in total. The zero-order chi connectivity index (χ0) is 15.9. The maximum Gasteiger partial charge on any atom is 0.231 e. The first-order valence-corrected chi connectivity index (χ1v) is 7.57. The number of carbonyl (C=O) groups is 1. The molecule has 22 heavy (non-hydrogen) atoms. The number of amides is 1. The molecule has 1 atom stereocenters. The van der Waals surface area contributed by atoms with Crippen molar-refractivity contribution in [2.24, 2.45) is 0 Å². The maximum atomic E-state index is 12.4. The fourth-order valence-electron chi connectivity index (χ4n) is 2.03. The van der Waals surface area contributed by atoms with Crippen molar-refractivity contribution < 1.29 is 9.53 Å². The molecule has 5 heteroatoms. The van der Waals surface area contributed by atoms with Gasteiger partial charge in [-0.1, -0.05) is 30.3 Å². The summed E-state index contributed by atoms with van der Waals surface area (Å²) in [5, 5.41) is 13.6. The molecule has 0 heterocycles. The van der Waals surface area contributed by atoms with Crippen molar-refractivity contribution in [3.8, 4) is 11.2 Å². The molecule has 0 saturated carbocycles. The van der Waals surface area contributed by atoms with E-state index < -0.39 is 0 Å². The molecule has 2 rings (SSSR count). The summed E-state index contributed by atoms with van der Waals surface area (Å²) in [6, 6.07) is 14.8. The quantitative estimate of drug-likeness (QED) is 0.669. The maximum absolute atomic E-state index is 12.4. The molecule has 0 aliphatic rings. The van der Waals surface area contributed by atoms with Gasteiger partial charge in [-0.15, -0.1) is 0 Å². The monoisotopic (exact) mass is 312 g/mol. The van der Waals surface area contributed by atoms with E-state index >= 15 is 0 Å². The molecule has 0 bridgehead atoms. The zero-order valence-electron chi connectivity index (χ0n) is 12.4. The fraction of sp³-hybridized carbons (Fsp3) is 0.176. The lowest BCUT2D eigenvalue weighted by Crippen LogP contribution is -2.19. The van der Waals surface area contributed by atoms with Crippen molar-refractivity contribution in [1.82, 2.24) is 0 Å². The van der Waals surface area contributed by atoms with E-state index in [-0.39, 0.29) is 11.8 Å². The Labute approximate surface area is 134 Å². The summed E-state index contributed by atoms with van der Waals surface area (Å²) in [7, 11) is 1.53. The van der Waals surface area contributed by atoms with Gasteiger partial charge in [0.2, 0.25) is 5.91 Å². The van der Waals surface area contributed by atoms with Crippen LogP contribution >= 0.6 is 11.8 Å². The molecule has 2 aromatic carbocycles. The molecule has 0 radical (unpaired) electrons. The van der Waals surface area contributed by atoms with Gasteiger partial charge in [0.1, 0.15) is 11.2 Å². The number of benzene rings is 2. The Kier molecular flexibility index (Phi) is 5.45. The number of nitrogens with one attached hydrogen (secondary N) is 1. The summed E-state index contributed by atoms with van der Waals surface area (Å²) in [5.74, 6) is 0.165. The number of rotatable bonds is 5. The predicted octanol–water partition coefficient (Wildman–Crippen LogP) is 4.01. The lowest BCUT2D eigenvalue weighted by Gasteiger charge is -2.15. The van der Waals surface area contributed by atoms with Crippen molar-refractivity contribution >= 4 is 23.4 Å². The lowest BCUT2D eigenvalue weighted by molar-refractivity contribution is -0.117. The van der Waals surface area contributed by atoms with E-state index in [2.05, 4.69) is 5.32 Å². The molecule has 1 N–H and O–H groups in total. The van der Waals surface area contributed by atoms with Gasteiger partial charge in [0, 0.05) is 4.90 Å². The Bertz CT molecular complexity index is 696. The van der Waals surface area contributed by atoms with Gasteiger partial charge in [0.05, 0.1) is 18.7 Å². The lowest BCUT2D eigenvalue weighted by atomic mass is 10.0. The summed E-state index contributed by atoms with van der Waals surface area (Å²) in [6.45, 7) is 1.86. The van der Waals surface area contributed by atoms with Crippen LogP contribution in [-0.4, -0.2) is 13.0 Å². The van der Waals surface area contributed by atoms with Gasteiger partial charge in [0.15, 0.2) is 0 Å². The second kappa shape index (κ2) is 7.53. The van der Waals surface area contributed by atoms with Crippen LogP contribution in [0.15, 0.2) is 53.4 Å². The number of carbonyl (C=O) groups excluding carboxylic acids is 1. The third-order valence-corrected chi connectivity index (χ3v) is 3.87. The molecule has 0 saturated heterocycles. The zero-order valence-corrected chi connectivity index (χ0v) is 13.2. The van der Waals surface area contributed by atoms with Crippen molar-refractivity contribution in [3.63, 3.8) is 0 Å². The minimum absolute atomic E-state index is 0.106. The van der Waals surface area contributed by atoms with E-state index in [4.69, 9.17) is 10.00 Å². The fourth-order valence-corrected chi connectivity index (χ4v) is 2.43. The van der Waals surface area contributed by atoms with Crippen LogP contribution in [0.2, 0.25) is 0 Å². The van der Waals surface area contributed by atoms with Crippen LogP contribution in [0.1, 0.15) is 18.4 Å². The highest BCUT2D eigenvalue weighted by molar-refractivity contribution is 8.03. The minimum Gasteiger partial charge on any atom is -0.495 e. The number of nitriles is 1. The number of thiocyanates is 1. The highest BCUT2D eigenvalue weighted by Gasteiger charge is 2.16. The number of ether oxygens (including phenoxy) is 1. The molecular weight excluding hydrogens is 296 g/mol. The molecule has 2 aromatic rings. The summed E-state index contributed by atoms with van der Waals surface area (Å²) < 4.78 is 5.28. The van der Waals surface area contributed by atoms with Gasteiger partial charge < -0.3 is 10.1 Å². The first kappa shape index (κ1) is 15.9. The third-order valence-electron chi connectivity index (χ3n) is 3.29. The van der Waals surface area contributed by atoms with E-state index in [1.54, 1.807) is 18.2 Å². The van der Waals surface area contributed by atoms with Crippen molar-refractivity contribution in [2.75, 3.05) is 12.4 Å². The smallest absolute Gasteiger partial charge is 0.231 e. The first-order chi connectivity index (χ1) is 10.7. The number of anilines is 1. The standard InChI is InChI=1S/C17H16N2O2S/c1-12(13-6-4-3-5-7-13)17(20)19-15-9-8-14(22-11-18)10-16(15)21-2/h3-10,12H,1-2H3,(H,19,20)/t12-/m0/s1. The second-order valence-corrected chi connectivity index (χ2v) is 5.54. The van der Waals surface area contributed by atoms with E-state index in [9.17, 15) is 4.79 Å². The highest BCUT2D eigenvalue weighted by Crippen LogP contribution is 2.30. The van der Waals surface area contributed by atoms with Gasteiger partial charge in [-0.2, -0.15) is 5.26 Å². The average molecular weight is 312 g/mol. The number of hydrogen-bond acceptors (Lipinski definition) is 4. The van der Waals surface area contributed by atoms with E-state index in [1.807, 2.05) is 42.7 Å². The van der Waals surface area contributed by atoms with Crippen molar-refractivity contribution in [1.29, 1.82) is 5.26 Å². The van der Waals surface area contributed by atoms with Gasteiger partial charge in [-0.05, 0) is 42.4 Å². The number of nitrogens with zero attached hydrogens (tertiary/aromatic N) is 1. The Morgan fingerprint density at radius 1 is 1.27 bits per heavy atom. The molecular formula is C17H16N2O2S. The van der Waals surface area contributed by atoms with Crippen LogP contribution in [0, 0.1) is 10.7 Å². The third kappa shape index (κ3) is 3.80. The van der Waals surface area contributed by atoms with Crippen LogP contribution in [0.5, 0.6) is 5.75 Å². The van der Waals surface area contributed by atoms with Crippen LogP contribution in [-0.2, 0) is 4.79 Å². The van der Waals surface area contributed by atoms with Crippen LogP contribution in [0.4, 0.5) is 5.69 Å². The molecule has 0 fully saturated rings. The van der Waals surface area contributed by atoms with Gasteiger partial charge >= 0.3 is 0 Å². The molecule has 1 amide bonds. The van der Waals surface area contributed by atoms with E-state index in [1.165, 1.54) is 7.11 Å². The number of thioether (sulfide) groups is 1. The van der Waals surface area contributed by atoms with Crippen LogP contribution < -0.4 is 10.1 Å². The first-order valence-electron chi connectivity index (χ1n) is 6.75. The SMILES string of the molecule is COc1cc(SC#N)ccc1NC(=O)[C@@H](C)c1ccccc1. The molecule has 0 aliphatic heterocycles. The van der Waals surface area contributed by atoms with Crippen molar-refractivity contribution in [2.45, 2.75) is 17.7 Å². The number of hydrogen-bond donors (Lipinski definition) is 1. The largest absolute Gasteiger partial charge is 0.495 e. The molecule has 0 unspecified atom stereocenters. The Morgan fingerprint density at radius 3 is 2.64 bits per heavy atom. The molecule has 0 aliphatic carbocycles. The summed E-state index contributed by atoms with van der Waals surface area (Å²) >= 11 is 1.05. The summed E-state index contributed by atoms with van der Waals surface area (Å²) in [5.41, 5.74) is 1.55. The molecule has 0 aromatic heterocycles. The van der Waals surface area contributed by atoms with Crippen LogP contribution in [0.3, 0.4) is 0 Å². The van der Waals surface area contributed by atoms with E-state index in [0.717, 1.165) is 22.2 Å². The summed E-state index contributed by atoms with van der Waals surface area (Å²) in [6.07, 6.45) is 0. The van der Waals surface area contributed by atoms with Crippen LogP contribution in [0.25, 0.3) is 0 Å². The Balaban J connectivity index is 2.16. The molecule has 112 valence electrons. The average Bonchev–Trinajstić information content (AvgIpc) is 2.56. The number of methoxy groups -OCH3 is 1. The normalized spacial score (nSPS) is 11.3. The Morgan fingerprint density at radius 2 is 2.00 bits per heavy atom. The minimum atomic E-state index is -0.265. The van der Waals surface area contributed by atoms with E-state index in [0.29, 0.717) is 11.4 Å². The highest BCUT2D eigenvalue weighted by atomic mass is 32.2. The van der Waals surface area contributed by atoms with Crippen molar-refractivity contribution in [3.05, 3.63) is 54.1 Å². The molecule has 0 spiro atoms. The van der Waals surface area contributed by atoms with Gasteiger partial charge in [-0.3, -0.25) is 4.79 Å². The predicted molar refractivity (Wildman–Crippen MR) is 88.0 cm³/mol. The van der Waals surface area contributed by atoms with Gasteiger partial charge in [-0.25, -0.2) is 0 Å². The summed E-state index contributed by atoms with van der Waals surface area (Å²) in [4.78, 5) is 13.1. The second-order valence-electron chi connectivity index (χ2n) is 4.68. The topological polar surface area (TPSA) is 62.1 Å². The Hall–Kier alpha value is -2.45.